The maximum absolute atomic E-state index is 11.1. The van der Waals surface area contributed by atoms with Crippen molar-refractivity contribution in [2.24, 2.45) is 5.73 Å². The summed E-state index contributed by atoms with van der Waals surface area (Å²) in [5, 5.41) is 8.87. The van der Waals surface area contributed by atoms with Gasteiger partial charge in [0.2, 0.25) is 5.91 Å². The molecule has 0 radical (unpaired) electrons. The van der Waals surface area contributed by atoms with Crippen LogP contribution < -0.4 is 5.73 Å². The molecular weight excluding hydrogens is 192 g/mol. The molecule has 0 spiro atoms. The maximum Gasteiger partial charge on any atom is 0.249 e. The van der Waals surface area contributed by atoms with Gasteiger partial charge in [0.05, 0.1) is 18.2 Å². The monoisotopic (exact) mass is 204 g/mol. The van der Waals surface area contributed by atoms with E-state index in [1.165, 1.54) is 0 Å². The first-order valence-corrected chi connectivity index (χ1v) is 4.60. The molecule has 0 saturated heterocycles. The fraction of sp³-hybridized carbons (Fsp3) is 0.273. The molecule has 0 atom stereocenters. The number of hydrogen-bond donors (Lipinski definition) is 1. The molecule has 0 heterocycles. The van der Waals surface area contributed by atoms with Gasteiger partial charge in [-0.25, -0.2) is 0 Å². The van der Waals surface area contributed by atoms with Gasteiger partial charge in [-0.05, 0) is 19.1 Å². The van der Waals surface area contributed by atoms with Crippen molar-refractivity contribution in [2.45, 2.75) is 13.5 Å². The van der Waals surface area contributed by atoms with E-state index in [0.29, 0.717) is 23.3 Å². The predicted octanol–water partition coefficient (Wildman–Crippen LogP) is 1.19. The van der Waals surface area contributed by atoms with E-state index >= 15 is 0 Å². The van der Waals surface area contributed by atoms with Crippen LogP contribution in [-0.4, -0.2) is 12.5 Å². The van der Waals surface area contributed by atoms with Crippen LogP contribution in [0.1, 0.15) is 28.4 Å². The van der Waals surface area contributed by atoms with Crippen molar-refractivity contribution in [2.75, 3.05) is 6.61 Å². The van der Waals surface area contributed by atoms with Crippen LogP contribution in [0, 0.1) is 11.3 Å². The van der Waals surface area contributed by atoms with E-state index in [-0.39, 0.29) is 6.61 Å². The van der Waals surface area contributed by atoms with Crippen molar-refractivity contribution < 1.29 is 9.53 Å². The highest BCUT2D eigenvalue weighted by Gasteiger charge is 2.11. The lowest BCUT2D eigenvalue weighted by atomic mass is 10.0. The summed E-state index contributed by atoms with van der Waals surface area (Å²) in [4.78, 5) is 11.1. The Morgan fingerprint density at radius 1 is 1.60 bits per heavy atom. The summed E-state index contributed by atoms with van der Waals surface area (Å²) in [7, 11) is 0. The SMILES string of the molecule is CCOCc1c(C#N)cccc1C(N)=O. The quantitative estimate of drug-likeness (QED) is 0.800. The molecule has 0 unspecified atom stereocenters. The van der Waals surface area contributed by atoms with Gasteiger partial charge in [-0.1, -0.05) is 6.07 Å². The van der Waals surface area contributed by atoms with Crippen LogP contribution in [0.15, 0.2) is 18.2 Å². The summed E-state index contributed by atoms with van der Waals surface area (Å²) in [5.41, 5.74) is 6.55. The lowest BCUT2D eigenvalue weighted by molar-refractivity contribution is 0.0989. The number of benzene rings is 1. The van der Waals surface area contributed by atoms with Gasteiger partial charge in [0.1, 0.15) is 0 Å². The molecule has 78 valence electrons. The normalized spacial score (nSPS) is 9.60. The van der Waals surface area contributed by atoms with E-state index < -0.39 is 5.91 Å². The van der Waals surface area contributed by atoms with Gasteiger partial charge in [0.15, 0.2) is 0 Å². The van der Waals surface area contributed by atoms with Gasteiger partial charge in [-0.2, -0.15) is 5.26 Å². The fourth-order valence-electron chi connectivity index (χ4n) is 1.28. The molecule has 1 aromatic carbocycles. The first-order valence-electron chi connectivity index (χ1n) is 4.60. The second-order valence-electron chi connectivity index (χ2n) is 2.94. The molecule has 0 aliphatic carbocycles. The predicted molar refractivity (Wildman–Crippen MR) is 55.0 cm³/mol. The van der Waals surface area contributed by atoms with Gasteiger partial charge in [-0.15, -0.1) is 0 Å². The van der Waals surface area contributed by atoms with Gasteiger partial charge in [0, 0.05) is 17.7 Å². The Balaban J connectivity index is 3.16. The Hall–Kier alpha value is -1.86. The van der Waals surface area contributed by atoms with E-state index in [9.17, 15) is 4.79 Å². The van der Waals surface area contributed by atoms with Crippen LogP contribution in [0.5, 0.6) is 0 Å². The van der Waals surface area contributed by atoms with Crippen molar-refractivity contribution in [1.29, 1.82) is 5.26 Å². The summed E-state index contributed by atoms with van der Waals surface area (Å²) < 4.78 is 5.19. The number of hydrogen-bond acceptors (Lipinski definition) is 3. The minimum Gasteiger partial charge on any atom is -0.377 e. The number of nitrogens with zero attached hydrogens (tertiary/aromatic N) is 1. The number of ether oxygens (including phenoxy) is 1. The van der Waals surface area contributed by atoms with Crippen molar-refractivity contribution >= 4 is 5.91 Å². The minimum atomic E-state index is -0.540. The van der Waals surface area contributed by atoms with Crippen LogP contribution in [0.25, 0.3) is 0 Å². The van der Waals surface area contributed by atoms with E-state index in [2.05, 4.69) is 0 Å². The molecule has 0 fully saturated rings. The van der Waals surface area contributed by atoms with Crippen molar-refractivity contribution in [1.82, 2.24) is 0 Å². The Kier molecular flexibility index (Phi) is 3.83. The molecule has 0 bridgehead atoms. The summed E-state index contributed by atoms with van der Waals surface area (Å²) in [6.45, 7) is 2.61. The third-order valence-electron chi connectivity index (χ3n) is 2.01. The summed E-state index contributed by atoms with van der Waals surface area (Å²) >= 11 is 0. The Morgan fingerprint density at radius 2 is 2.33 bits per heavy atom. The highest BCUT2D eigenvalue weighted by Crippen LogP contribution is 2.15. The smallest absolute Gasteiger partial charge is 0.249 e. The zero-order valence-electron chi connectivity index (χ0n) is 8.49. The van der Waals surface area contributed by atoms with E-state index in [1.807, 2.05) is 13.0 Å². The van der Waals surface area contributed by atoms with Crippen molar-refractivity contribution in [3.8, 4) is 6.07 Å². The van der Waals surface area contributed by atoms with Gasteiger partial charge in [0.25, 0.3) is 0 Å². The molecule has 1 aromatic rings. The molecule has 1 rings (SSSR count). The second-order valence-corrected chi connectivity index (χ2v) is 2.94. The Labute approximate surface area is 88.3 Å². The standard InChI is InChI=1S/C11H12N2O2/c1-2-15-7-10-8(6-12)4-3-5-9(10)11(13)14/h3-5H,2,7H2,1H3,(H2,13,14). The topological polar surface area (TPSA) is 76.1 Å². The summed E-state index contributed by atoms with van der Waals surface area (Å²) in [6.07, 6.45) is 0. The Bertz CT molecular complexity index is 408. The largest absolute Gasteiger partial charge is 0.377 e. The lowest BCUT2D eigenvalue weighted by Crippen LogP contribution is -2.15. The first-order chi connectivity index (χ1) is 7.20. The molecule has 0 saturated carbocycles. The summed E-state index contributed by atoms with van der Waals surface area (Å²) in [5.74, 6) is -0.540. The molecule has 1 amide bonds. The van der Waals surface area contributed by atoms with E-state index in [4.69, 9.17) is 15.7 Å². The van der Waals surface area contributed by atoms with Crippen LogP contribution in [0.4, 0.5) is 0 Å². The first kappa shape index (κ1) is 11.2. The third kappa shape index (κ3) is 2.55. The molecule has 4 heteroatoms. The van der Waals surface area contributed by atoms with Crippen molar-refractivity contribution in [3.63, 3.8) is 0 Å². The van der Waals surface area contributed by atoms with Crippen LogP contribution >= 0.6 is 0 Å². The third-order valence-corrected chi connectivity index (χ3v) is 2.01. The number of primary amides is 1. The second kappa shape index (κ2) is 5.13. The molecule has 4 nitrogen and oxygen atoms in total. The molecule has 0 aliphatic rings. The maximum atomic E-state index is 11.1. The zero-order valence-corrected chi connectivity index (χ0v) is 8.49. The van der Waals surface area contributed by atoms with Crippen molar-refractivity contribution in [3.05, 3.63) is 34.9 Å². The number of nitrogens with two attached hydrogens (primary N) is 1. The summed E-state index contributed by atoms with van der Waals surface area (Å²) in [6, 6.07) is 6.88. The zero-order chi connectivity index (χ0) is 11.3. The molecule has 15 heavy (non-hydrogen) atoms. The van der Waals surface area contributed by atoms with Crippen LogP contribution in [0.2, 0.25) is 0 Å². The number of carbonyl (C=O) groups is 1. The number of amides is 1. The van der Waals surface area contributed by atoms with Crippen LogP contribution in [0.3, 0.4) is 0 Å². The molecular formula is C11H12N2O2. The number of carbonyl (C=O) groups excluding carboxylic acids is 1. The molecule has 2 N–H and O–H groups in total. The van der Waals surface area contributed by atoms with Gasteiger partial charge >= 0.3 is 0 Å². The number of nitriles is 1. The number of rotatable bonds is 4. The highest BCUT2D eigenvalue weighted by molar-refractivity contribution is 5.94. The van der Waals surface area contributed by atoms with Gasteiger partial charge < -0.3 is 10.5 Å². The Morgan fingerprint density at radius 3 is 2.87 bits per heavy atom. The van der Waals surface area contributed by atoms with Crippen LogP contribution in [-0.2, 0) is 11.3 Å². The fourth-order valence-corrected chi connectivity index (χ4v) is 1.28. The highest BCUT2D eigenvalue weighted by atomic mass is 16.5. The van der Waals surface area contributed by atoms with E-state index in [0.717, 1.165) is 0 Å². The van der Waals surface area contributed by atoms with Gasteiger partial charge in [-0.3, -0.25) is 4.79 Å². The average molecular weight is 204 g/mol. The lowest BCUT2D eigenvalue weighted by Gasteiger charge is -2.08. The molecule has 0 aromatic heterocycles. The average Bonchev–Trinajstić information content (AvgIpc) is 2.25. The molecule has 0 aliphatic heterocycles. The van der Waals surface area contributed by atoms with E-state index in [1.54, 1.807) is 18.2 Å². The minimum absolute atomic E-state index is 0.235.